The van der Waals surface area contributed by atoms with Gasteiger partial charge in [-0.15, -0.1) is 5.43 Å². The third kappa shape index (κ3) is 3.69. The Labute approximate surface area is 164 Å². The fraction of sp³-hybridized carbons (Fsp3) is 0.0400. The van der Waals surface area contributed by atoms with E-state index in [2.05, 4.69) is 54.0 Å². The molecule has 3 heteroatoms. The monoisotopic (exact) mass is 365 g/mol. The number of hydrogen-bond acceptors (Lipinski definition) is 1. The van der Waals surface area contributed by atoms with Gasteiger partial charge in [0.2, 0.25) is 11.4 Å². The highest BCUT2D eigenvalue weighted by Crippen LogP contribution is 2.28. The van der Waals surface area contributed by atoms with E-state index in [4.69, 9.17) is 0 Å². The summed E-state index contributed by atoms with van der Waals surface area (Å²) in [4.78, 5) is 12.0. The standard InChI is InChI=1S/C25H20N2O/c1-19(28)26-27-24(21-13-7-3-8-14-21)17-23(20-11-5-2-6-12-20)18-25(27)22-15-9-4-10-16-22/h2-18H,1H3/p+1. The lowest BCUT2D eigenvalue weighted by atomic mass is 10.00. The first-order chi connectivity index (χ1) is 13.7. The number of carbonyl (C=O) groups excluding carboxylic acids is 1. The van der Waals surface area contributed by atoms with E-state index < -0.39 is 0 Å². The summed E-state index contributed by atoms with van der Waals surface area (Å²) in [5, 5.41) is 0. The minimum absolute atomic E-state index is 0.119. The molecular formula is C25H21N2O+. The van der Waals surface area contributed by atoms with Crippen LogP contribution >= 0.6 is 0 Å². The number of carbonyl (C=O) groups is 1. The van der Waals surface area contributed by atoms with Crippen molar-refractivity contribution >= 4 is 5.91 Å². The van der Waals surface area contributed by atoms with Crippen molar-refractivity contribution in [3.8, 4) is 33.6 Å². The third-order valence-electron chi connectivity index (χ3n) is 4.58. The highest BCUT2D eigenvalue weighted by Gasteiger charge is 2.24. The summed E-state index contributed by atoms with van der Waals surface area (Å²) in [5.41, 5.74) is 9.14. The highest BCUT2D eigenvalue weighted by molar-refractivity contribution is 5.80. The van der Waals surface area contributed by atoms with Crippen LogP contribution in [0.4, 0.5) is 0 Å². The lowest BCUT2D eigenvalue weighted by Crippen LogP contribution is -2.51. The van der Waals surface area contributed by atoms with E-state index in [9.17, 15) is 4.79 Å². The molecule has 0 aliphatic heterocycles. The van der Waals surface area contributed by atoms with E-state index in [0.717, 1.165) is 33.6 Å². The van der Waals surface area contributed by atoms with E-state index in [-0.39, 0.29) is 5.91 Å². The smallest absolute Gasteiger partial charge is 0.270 e. The molecule has 0 radical (unpaired) electrons. The van der Waals surface area contributed by atoms with Gasteiger partial charge in [0.25, 0.3) is 5.91 Å². The normalized spacial score (nSPS) is 10.5. The Morgan fingerprint density at radius 1 is 0.607 bits per heavy atom. The van der Waals surface area contributed by atoms with Gasteiger partial charge in [-0.3, -0.25) is 4.79 Å². The van der Waals surface area contributed by atoms with Crippen molar-refractivity contribution in [3.05, 3.63) is 103 Å². The largest absolute Gasteiger partial charge is 0.271 e. The van der Waals surface area contributed by atoms with Crippen LogP contribution in [0.2, 0.25) is 0 Å². The van der Waals surface area contributed by atoms with Crippen molar-refractivity contribution in [2.24, 2.45) is 0 Å². The van der Waals surface area contributed by atoms with Crippen molar-refractivity contribution in [1.29, 1.82) is 0 Å². The first-order valence-electron chi connectivity index (χ1n) is 9.26. The second kappa shape index (κ2) is 7.89. The van der Waals surface area contributed by atoms with Gasteiger partial charge in [-0.1, -0.05) is 71.4 Å². The van der Waals surface area contributed by atoms with Crippen LogP contribution < -0.4 is 10.1 Å². The first-order valence-corrected chi connectivity index (χ1v) is 9.26. The summed E-state index contributed by atoms with van der Waals surface area (Å²) in [7, 11) is 0. The fourth-order valence-corrected chi connectivity index (χ4v) is 3.31. The van der Waals surface area contributed by atoms with Crippen LogP contribution in [0, 0.1) is 0 Å². The summed E-state index contributed by atoms with van der Waals surface area (Å²) in [6.45, 7) is 1.53. The van der Waals surface area contributed by atoms with Crippen molar-refractivity contribution in [2.75, 3.05) is 5.43 Å². The van der Waals surface area contributed by atoms with Gasteiger partial charge < -0.3 is 0 Å². The number of rotatable bonds is 4. The molecule has 0 unspecified atom stereocenters. The van der Waals surface area contributed by atoms with Gasteiger partial charge in [-0.2, -0.15) is 0 Å². The molecule has 1 heterocycles. The molecule has 4 aromatic rings. The molecule has 28 heavy (non-hydrogen) atoms. The Morgan fingerprint density at radius 3 is 1.39 bits per heavy atom. The average molecular weight is 365 g/mol. The second-order valence-corrected chi connectivity index (χ2v) is 6.62. The van der Waals surface area contributed by atoms with Crippen LogP contribution in [0.15, 0.2) is 103 Å². The van der Waals surface area contributed by atoms with Crippen molar-refractivity contribution in [2.45, 2.75) is 6.92 Å². The predicted molar refractivity (Wildman–Crippen MR) is 113 cm³/mol. The molecule has 0 aliphatic carbocycles. The molecule has 0 atom stereocenters. The van der Waals surface area contributed by atoms with Crippen LogP contribution in [-0.2, 0) is 4.79 Å². The molecule has 0 aliphatic rings. The lowest BCUT2D eigenvalue weighted by molar-refractivity contribution is -0.619. The van der Waals surface area contributed by atoms with Crippen LogP contribution in [0.3, 0.4) is 0 Å². The van der Waals surface area contributed by atoms with E-state index in [1.54, 1.807) is 0 Å². The molecule has 4 rings (SSSR count). The Kier molecular flexibility index (Phi) is 4.98. The minimum Gasteiger partial charge on any atom is -0.270 e. The lowest BCUT2D eigenvalue weighted by Gasteiger charge is -2.11. The van der Waals surface area contributed by atoms with E-state index >= 15 is 0 Å². The molecule has 3 nitrogen and oxygen atoms in total. The summed E-state index contributed by atoms with van der Waals surface area (Å²) >= 11 is 0. The van der Waals surface area contributed by atoms with Gasteiger partial charge in [0.1, 0.15) is 0 Å². The Hall–Kier alpha value is -3.72. The number of pyridine rings is 1. The molecule has 0 saturated carbocycles. The molecule has 0 bridgehead atoms. The number of nitrogens with one attached hydrogen (secondary N) is 1. The molecule has 3 aromatic carbocycles. The molecule has 136 valence electrons. The Balaban J connectivity index is 2.03. The predicted octanol–water partition coefficient (Wildman–Crippen LogP) is 5.07. The molecule has 0 spiro atoms. The molecule has 0 saturated heterocycles. The second-order valence-electron chi connectivity index (χ2n) is 6.62. The topological polar surface area (TPSA) is 33.0 Å². The number of benzene rings is 3. The zero-order valence-electron chi connectivity index (χ0n) is 15.7. The third-order valence-corrected chi connectivity index (χ3v) is 4.58. The SMILES string of the molecule is CC(=O)N[n+]1c(-c2ccccc2)cc(-c2ccccc2)cc1-c1ccccc1. The van der Waals surface area contributed by atoms with Gasteiger partial charge in [0.15, 0.2) is 0 Å². The minimum atomic E-state index is -0.119. The van der Waals surface area contributed by atoms with Gasteiger partial charge in [-0.25, -0.2) is 0 Å². The van der Waals surface area contributed by atoms with Gasteiger partial charge in [-0.05, 0) is 35.4 Å². The van der Waals surface area contributed by atoms with E-state index in [0.29, 0.717) is 0 Å². The first kappa shape index (κ1) is 17.7. The maximum atomic E-state index is 12.0. The summed E-state index contributed by atoms with van der Waals surface area (Å²) in [5.74, 6) is -0.119. The molecule has 1 aromatic heterocycles. The van der Waals surface area contributed by atoms with Gasteiger partial charge in [0, 0.05) is 30.2 Å². The number of aromatic nitrogens is 1. The fourth-order valence-electron chi connectivity index (χ4n) is 3.31. The summed E-state index contributed by atoms with van der Waals surface area (Å²) in [6, 6.07) is 34.7. The van der Waals surface area contributed by atoms with Crippen LogP contribution in [0.25, 0.3) is 33.6 Å². The molecule has 0 fully saturated rings. The number of nitrogens with zero attached hydrogens (tertiary/aromatic N) is 1. The van der Waals surface area contributed by atoms with Crippen LogP contribution in [-0.4, -0.2) is 5.91 Å². The maximum Gasteiger partial charge on any atom is 0.271 e. The van der Waals surface area contributed by atoms with E-state index in [1.165, 1.54) is 6.92 Å². The molecular weight excluding hydrogens is 344 g/mol. The quantitative estimate of drug-likeness (QED) is 0.504. The maximum absolute atomic E-state index is 12.0. The van der Waals surface area contributed by atoms with E-state index in [1.807, 2.05) is 59.3 Å². The molecule has 1 amide bonds. The summed E-state index contributed by atoms with van der Waals surface area (Å²) < 4.78 is 1.87. The van der Waals surface area contributed by atoms with Crippen molar-refractivity contribution < 1.29 is 9.47 Å². The van der Waals surface area contributed by atoms with Crippen molar-refractivity contribution in [1.82, 2.24) is 0 Å². The number of hydrogen-bond donors (Lipinski definition) is 1. The van der Waals surface area contributed by atoms with Crippen LogP contribution in [0.1, 0.15) is 6.92 Å². The van der Waals surface area contributed by atoms with Crippen LogP contribution in [0.5, 0.6) is 0 Å². The zero-order valence-corrected chi connectivity index (χ0v) is 15.7. The summed E-state index contributed by atoms with van der Waals surface area (Å²) in [6.07, 6.45) is 0. The molecule has 1 N–H and O–H groups in total. The van der Waals surface area contributed by atoms with Crippen molar-refractivity contribution in [3.63, 3.8) is 0 Å². The zero-order chi connectivity index (χ0) is 19.3. The Bertz CT molecular complexity index is 1030. The van der Waals surface area contributed by atoms with Gasteiger partial charge in [0.05, 0.1) is 0 Å². The van der Waals surface area contributed by atoms with Gasteiger partial charge >= 0.3 is 0 Å². The number of amides is 1. The average Bonchev–Trinajstić information content (AvgIpc) is 2.75. The Morgan fingerprint density at radius 2 is 1.00 bits per heavy atom. The highest BCUT2D eigenvalue weighted by atomic mass is 16.2.